The fourth-order valence-corrected chi connectivity index (χ4v) is 4.85. The summed E-state index contributed by atoms with van der Waals surface area (Å²) in [5.41, 5.74) is 2.70. The lowest BCUT2D eigenvalue weighted by atomic mass is 10.1. The Morgan fingerprint density at radius 1 is 1.09 bits per heavy atom. The molecule has 0 radical (unpaired) electrons. The number of aryl methyl sites for hydroxylation is 1. The number of nitrogens with zero attached hydrogens (tertiary/aromatic N) is 2. The van der Waals surface area contributed by atoms with Crippen molar-refractivity contribution in [1.29, 1.82) is 0 Å². The summed E-state index contributed by atoms with van der Waals surface area (Å²) in [4.78, 5) is 17.3. The van der Waals surface area contributed by atoms with E-state index in [1.807, 2.05) is 24.8 Å². The second kappa shape index (κ2) is 10.8. The van der Waals surface area contributed by atoms with Gasteiger partial charge in [-0.15, -0.1) is 0 Å². The first kappa shape index (κ1) is 24.1. The van der Waals surface area contributed by atoms with E-state index in [4.69, 9.17) is 0 Å². The Labute approximate surface area is 191 Å². The van der Waals surface area contributed by atoms with E-state index in [1.54, 1.807) is 36.4 Å². The van der Waals surface area contributed by atoms with Crippen LogP contribution in [0, 0.1) is 6.92 Å². The molecular formula is C24H34N4O3S. The zero-order valence-electron chi connectivity index (χ0n) is 19.2. The maximum Gasteiger partial charge on any atom is 0.261 e. The molecule has 1 saturated heterocycles. The minimum absolute atomic E-state index is 0.0800. The number of sulfonamides is 1. The van der Waals surface area contributed by atoms with Crippen LogP contribution < -0.4 is 14.9 Å². The molecule has 0 aromatic heterocycles. The van der Waals surface area contributed by atoms with Crippen LogP contribution in [-0.2, 0) is 10.0 Å². The number of hydrogen-bond donors (Lipinski definition) is 2. The van der Waals surface area contributed by atoms with Crippen molar-refractivity contribution in [3.8, 4) is 0 Å². The first-order valence-corrected chi connectivity index (χ1v) is 12.8. The monoisotopic (exact) mass is 458 g/mol. The van der Waals surface area contributed by atoms with Crippen LogP contribution >= 0.6 is 0 Å². The molecule has 0 atom stereocenters. The average molecular weight is 459 g/mol. The van der Waals surface area contributed by atoms with Crippen molar-refractivity contribution in [2.24, 2.45) is 0 Å². The third-order valence-corrected chi connectivity index (χ3v) is 7.11. The highest BCUT2D eigenvalue weighted by molar-refractivity contribution is 7.92. The second-order valence-electron chi connectivity index (χ2n) is 8.13. The summed E-state index contributed by atoms with van der Waals surface area (Å²) >= 11 is 0. The number of unbranched alkanes of at least 4 members (excludes halogenated alkanes) is 1. The fraction of sp³-hybridized carbons (Fsp3) is 0.458. The molecule has 3 rings (SSSR count). The molecular weight excluding hydrogens is 424 g/mol. The predicted octanol–water partition coefficient (Wildman–Crippen LogP) is 3.47. The van der Waals surface area contributed by atoms with Crippen LogP contribution in [-0.4, -0.2) is 58.5 Å². The number of rotatable bonds is 9. The molecule has 1 fully saturated rings. The van der Waals surface area contributed by atoms with Gasteiger partial charge in [-0.05, 0) is 50.6 Å². The van der Waals surface area contributed by atoms with Gasteiger partial charge in [0.15, 0.2) is 0 Å². The first-order valence-electron chi connectivity index (χ1n) is 11.3. The molecule has 1 heterocycles. The van der Waals surface area contributed by atoms with Gasteiger partial charge in [0.2, 0.25) is 0 Å². The van der Waals surface area contributed by atoms with Crippen molar-refractivity contribution in [3.63, 3.8) is 0 Å². The number of nitrogens with one attached hydrogen (secondary N) is 2. The van der Waals surface area contributed by atoms with Crippen molar-refractivity contribution < 1.29 is 13.2 Å². The molecule has 32 heavy (non-hydrogen) atoms. The summed E-state index contributed by atoms with van der Waals surface area (Å²) in [5.74, 6) is -0.0800. The Morgan fingerprint density at radius 2 is 1.78 bits per heavy atom. The molecule has 1 amide bonds. The highest BCUT2D eigenvalue weighted by Crippen LogP contribution is 2.30. The fourth-order valence-electron chi connectivity index (χ4n) is 3.79. The normalized spacial score (nSPS) is 14.3. The highest BCUT2D eigenvalue weighted by Gasteiger charge is 2.22. The van der Waals surface area contributed by atoms with Gasteiger partial charge in [0, 0.05) is 44.8 Å². The summed E-state index contributed by atoms with van der Waals surface area (Å²) in [6.45, 7) is 10.5. The summed E-state index contributed by atoms with van der Waals surface area (Å²) in [5, 5.41) is 3.31. The van der Waals surface area contributed by atoms with Crippen LogP contribution in [0.15, 0.2) is 47.4 Å². The van der Waals surface area contributed by atoms with Crippen molar-refractivity contribution in [3.05, 3.63) is 53.6 Å². The SMILES string of the molecule is CCCCN(CC)C(=O)c1ccc(N2CCNCC2)c(NS(=O)(=O)c2ccc(C)cc2)c1. The number of hydrogen-bond acceptors (Lipinski definition) is 5. The van der Waals surface area contributed by atoms with E-state index in [0.29, 0.717) is 24.3 Å². The molecule has 7 nitrogen and oxygen atoms in total. The molecule has 2 aromatic rings. The number of benzene rings is 2. The van der Waals surface area contributed by atoms with Crippen molar-refractivity contribution in [1.82, 2.24) is 10.2 Å². The predicted molar refractivity (Wildman–Crippen MR) is 130 cm³/mol. The van der Waals surface area contributed by atoms with Crippen LogP contribution in [0.4, 0.5) is 11.4 Å². The lowest BCUT2D eigenvalue weighted by Crippen LogP contribution is -2.43. The van der Waals surface area contributed by atoms with E-state index in [9.17, 15) is 13.2 Å². The Balaban J connectivity index is 1.97. The van der Waals surface area contributed by atoms with Crippen LogP contribution in [0.1, 0.15) is 42.6 Å². The lowest BCUT2D eigenvalue weighted by Gasteiger charge is -2.31. The molecule has 1 aliphatic heterocycles. The third kappa shape index (κ3) is 5.81. The number of carbonyl (C=O) groups excluding carboxylic acids is 1. The Morgan fingerprint density at radius 3 is 2.41 bits per heavy atom. The van der Waals surface area contributed by atoms with Crippen LogP contribution in [0.25, 0.3) is 0 Å². The van der Waals surface area contributed by atoms with Crippen molar-refractivity contribution in [2.75, 3.05) is 48.9 Å². The number of carbonyl (C=O) groups is 1. The van der Waals surface area contributed by atoms with Crippen molar-refractivity contribution >= 4 is 27.3 Å². The largest absolute Gasteiger partial charge is 0.367 e. The summed E-state index contributed by atoms with van der Waals surface area (Å²) < 4.78 is 29.0. The average Bonchev–Trinajstić information content (AvgIpc) is 2.80. The van der Waals surface area contributed by atoms with Crippen LogP contribution in [0.3, 0.4) is 0 Å². The van der Waals surface area contributed by atoms with E-state index >= 15 is 0 Å². The molecule has 0 bridgehead atoms. The Bertz CT molecular complexity index is 1020. The number of piperazine rings is 1. The molecule has 0 saturated carbocycles. The highest BCUT2D eigenvalue weighted by atomic mass is 32.2. The smallest absolute Gasteiger partial charge is 0.261 e. The van der Waals surface area contributed by atoms with Gasteiger partial charge in [-0.1, -0.05) is 31.0 Å². The van der Waals surface area contributed by atoms with E-state index < -0.39 is 10.0 Å². The van der Waals surface area contributed by atoms with Gasteiger partial charge in [-0.3, -0.25) is 9.52 Å². The number of anilines is 2. The third-order valence-electron chi connectivity index (χ3n) is 5.73. The van der Waals surface area contributed by atoms with Gasteiger partial charge >= 0.3 is 0 Å². The molecule has 0 aliphatic carbocycles. The number of amides is 1. The second-order valence-corrected chi connectivity index (χ2v) is 9.81. The molecule has 1 aliphatic rings. The topological polar surface area (TPSA) is 81.8 Å². The summed E-state index contributed by atoms with van der Waals surface area (Å²) in [6.07, 6.45) is 1.94. The quantitative estimate of drug-likeness (QED) is 0.601. The maximum absolute atomic E-state index is 13.1. The lowest BCUT2D eigenvalue weighted by molar-refractivity contribution is 0.0762. The van der Waals surface area contributed by atoms with E-state index in [2.05, 4.69) is 21.9 Å². The Hall–Kier alpha value is -2.58. The van der Waals surface area contributed by atoms with Gasteiger partial charge in [-0.2, -0.15) is 0 Å². The van der Waals surface area contributed by atoms with Crippen LogP contribution in [0.2, 0.25) is 0 Å². The van der Waals surface area contributed by atoms with E-state index in [0.717, 1.165) is 50.3 Å². The van der Waals surface area contributed by atoms with Gasteiger partial charge in [0.25, 0.3) is 15.9 Å². The zero-order valence-corrected chi connectivity index (χ0v) is 20.0. The van der Waals surface area contributed by atoms with E-state index in [-0.39, 0.29) is 10.8 Å². The Kier molecular flexibility index (Phi) is 8.15. The summed E-state index contributed by atoms with van der Waals surface area (Å²) in [7, 11) is -3.79. The minimum atomic E-state index is -3.79. The molecule has 0 unspecified atom stereocenters. The molecule has 2 aromatic carbocycles. The van der Waals surface area contributed by atoms with Gasteiger partial charge in [-0.25, -0.2) is 8.42 Å². The first-order chi connectivity index (χ1) is 15.4. The summed E-state index contributed by atoms with van der Waals surface area (Å²) in [6, 6.07) is 12.1. The van der Waals surface area contributed by atoms with Gasteiger partial charge in [0.05, 0.1) is 16.3 Å². The molecule has 0 spiro atoms. The van der Waals surface area contributed by atoms with Crippen LogP contribution in [0.5, 0.6) is 0 Å². The minimum Gasteiger partial charge on any atom is -0.367 e. The molecule has 2 N–H and O–H groups in total. The molecule has 174 valence electrons. The zero-order chi connectivity index (χ0) is 23.1. The maximum atomic E-state index is 13.1. The molecule has 8 heteroatoms. The van der Waals surface area contributed by atoms with Crippen molar-refractivity contribution in [2.45, 2.75) is 38.5 Å². The van der Waals surface area contributed by atoms with Gasteiger partial charge < -0.3 is 15.1 Å². The standard InChI is InChI=1S/C24H34N4O3S/c1-4-6-15-27(5-2)24(29)20-9-12-23(28-16-13-25-14-17-28)22(18-20)26-32(30,31)21-10-7-19(3)8-11-21/h7-12,18,25-26H,4-6,13-17H2,1-3H3. The van der Waals surface area contributed by atoms with E-state index in [1.165, 1.54) is 0 Å². The van der Waals surface area contributed by atoms with Gasteiger partial charge in [0.1, 0.15) is 0 Å².